The second kappa shape index (κ2) is 7.70. The van der Waals surface area contributed by atoms with Crippen LogP contribution in [0.3, 0.4) is 0 Å². The average Bonchev–Trinajstić information content (AvgIpc) is 2.96. The number of aromatic nitrogens is 3. The lowest BCUT2D eigenvalue weighted by Gasteiger charge is -2.33. The first-order valence-electron chi connectivity index (χ1n) is 9.01. The molecule has 1 aromatic carbocycles. The molecule has 0 aliphatic carbocycles. The Bertz CT molecular complexity index is 855. The first kappa shape index (κ1) is 18.8. The van der Waals surface area contributed by atoms with Crippen molar-refractivity contribution < 1.29 is 4.79 Å². The normalized spacial score (nSPS) is 17.7. The lowest BCUT2D eigenvalue weighted by atomic mass is 9.96. The number of nitrogens with zero attached hydrogens (tertiary/aromatic N) is 4. The van der Waals surface area contributed by atoms with Crippen molar-refractivity contribution in [3.63, 3.8) is 0 Å². The molecule has 0 radical (unpaired) electrons. The predicted octanol–water partition coefficient (Wildman–Crippen LogP) is 2.90. The van der Waals surface area contributed by atoms with Crippen LogP contribution >= 0.6 is 11.8 Å². The molecule has 2 aromatic rings. The van der Waals surface area contributed by atoms with Crippen LogP contribution in [0.15, 0.2) is 34.0 Å². The summed E-state index contributed by atoms with van der Waals surface area (Å²) in [4.78, 5) is 28.3. The number of carbonyl (C=O) groups is 1. The number of aryl methyl sites for hydroxylation is 1. The Balaban J connectivity index is 1.88. The molecule has 1 aliphatic heterocycles. The van der Waals surface area contributed by atoms with Crippen LogP contribution in [0.2, 0.25) is 0 Å². The minimum atomic E-state index is -0.0915. The molecular formula is C19H26N4O2S. The van der Waals surface area contributed by atoms with E-state index in [1.807, 2.05) is 49.3 Å². The Labute approximate surface area is 158 Å². The molecule has 1 aliphatic rings. The Morgan fingerprint density at radius 1 is 1.31 bits per heavy atom. The largest absolute Gasteiger partial charge is 0.345 e. The maximum absolute atomic E-state index is 13.1. The van der Waals surface area contributed by atoms with Crippen molar-refractivity contribution in [2.75, 3.05) is 19.3 Å². The summed E-state index contributed by atoms with van der Waals surface area (Å²) in [6.45, 7) is 5.33. The Kier molecular flexibility index (Phi) is 5.55. The average molecular weight is 375 g/mol. The van der Waals surface area contributed by atoms with Crippen molar-refractivity contribution in [3.8, 4) is 0 Å². The monoisotopic (exact) mass is 374 g/mol. The molecule has 6 nitrogen and oxygen atoms in total. The third-order valence-corrected chi connectivity index (χ3v) is 5.71. The number of likely N-dealkylation sites (tertiary alicyclic amines) is 1. The van der Waals surface area contributed by atoms with Crippen LogP contribution in [-0.4, -0.2) is 44.5 Å². The van der Waals surface area contributed by atoms with E-state index in [0.29, 0.717) is 6.54 Å². The van der Waals surface area contributed by atoms with Gasteiger partial charge in [-0.3, -0.25) is 9.36 Å². The number of carbonyl (C=O) groups excluding carboxylic acids is 1. The second-order valence-corrected chi connectivity index (χ2v) is 7.87. The molecule has 140 valence electrons. The molecule has 0 N–H and O–H groups in total. The van der Waals surface area contributed by atoms with Crippen molar-refractivity contribution >= 4 is 17.7 Å². The lowest BCUT2D eigenvalue weighted by molar-refractivity contribution is 0.0699. The van der Waals surface area contributed by atoms with Gasteiger partial charge in [0.2, 0.25) is 0 Å². The standard InChI is InChI=1S/C19H26N4O2S/c1-13(2)23-17(20-21(3)19(23)25)14-8-7-11-22(12-14)18(24)15-9-5-6-10-16(15)26-4/h5-6,9-10,13-14H,7-8,11-12H2,1-4H3. The molecule has 1 aromatic heterocycles. The molecule has 26 heavy (non-hydrogen) atoms. The number of benzene rings is 1. The molecule has 1 saturated heterocycles. The molecule has 2 heterocycles. The maximum Gasteiger partial charge on any atom is 0.345 e. The summed E-state index contributed by atoms with van der Waals surface area (Å²) in [5.41, 5.74) is 0.661. The van der Waals surface area contributed by atoms with Gasteiger partial charge in [0, 0.05) is 37.0 Å². The fourth-order valence-corrected chi connectivity index (χ4v) is 4.22. The van der Waals surface area contributed by atoms with E-state index in [4.69, 9.17) is 0 Å². The number of piperidine rings is 1. The highest BCUT2D eigenvalue weighted by Gasteiger charge is 2.30. The number of amides is 1. The molecule has 1 atom stereocenters. The minimum absolute atomic E-state index is 0.0505. The van der Waals surface area contributed by atoms with Crippen molar-refractivity contribution in [3.05, 3.63) is 46.1 Å². The van der Waals surface area contributed by atoms with Gasteiger partial charge in [0.1, 0.15) is 5.82 Å². The zero-order valence-corrected chi connectivity index (χ0v) is 16.6. The van der Waals surface area contributed by atoms with E-state index in [1.165, 1.54) is 4.68 Å². The van der Waals surface area contributed by atoms with Gasteiger partial charge < -0.3 is 4.90 Å². The third-order valence-electron chi connectivity index (χ3n) is 4.91. The molecule has 0 bridgehead atoms. The van der Waals surface area contributed by atoms with Crippen LogP contribution in [0.1, 0.15) is 54.8 Å². The van der Waals surface area contributed by atoms with Crippen LogP contribution in [0.5, 0.6) is 0 Å². The summed E-state index contributed by atoms with van der Waals surface area (Å²) in [6, 6.07) is 7.78. The van der Waals surface area contributed by atoms with Gasteiger partial charge in [0.05, 0.1) is 5.56 Å². The van der Waals surface area contributed by atoms with Crippen LogP contribution in [0.4, 0.5) is 0 Å². The van der Waals surface area contributed by atoms with Crippen LogP contribution in [-0.2, 0) is 7.05 Å². The second-order valence-electron chi connectivity index (χ2n) is 7.02. The lowest BCUT2D eigenvalue weighted by Crippen LogP contribution is -2.40. The van der Waals surface area contributed by atoms with Gasteiger partial charge >= 0.3 is 5.69 Å². The molecular weight excluding hydrogens is 348 g/mol. The van der Waals surface area contributed by atoms with E-state index in [1.54, 1.807) is 23.4 Å². The molecule has 0 spiro atoms. The van der Waals surface area contributed by atoms with E-state index in [0.717, 1.165) is 35.7 Å². The van der Waals surface area contributed by atoms with Gasteiger partial charge in [-0.25, -0.2) is 9.48 Å². The molecule has 1 fully saturated rings. The van der Waals surface area contributed by atoms with Gasteiger partial charge in [-0.1, -0.05) is 12.1 Å². The van der Waals surface area contributed by atoms with E-state index in [2.05, 4.69) is 5.10 Å². The smallest absolute Gasteiger partial charge is 0.338 e. The van der Waals surface area contributed by atoms with Crippen LogP contribution in [0.25, 0.3) is 0 Å². The highest BCUT2D eigenvalue weighted by molar-refractivity contribution is 7.98. The fraction of sp³-hybridized carbons (Fsp3) is 0.526. The SMILES string of the molecule is CSc1ccccc1C(=O)N1CCCC(c2nn(C)c(=O)n2C(C)C)C1. The highest BCUT2D eigenvalue weighted by atomic mass is 32.2. The van der Waals surface area contributed by atoms with Crippen LogP contribution < -0.4 is 5.69 Å². The molecule has 7 heteroatoms. The van der Waals surface area contributed by atoms with Gasteiger partial charge in [-0.05, 0) is 45.1 Å². The number of rotatable bonds is 4. The first-order chi connectivity index (χ1) is 12.4. The Morgan fingerprint density at radius 2 is 2.04 bits per heavy atom. The number of hydrogen-bond donors (Lipinski definition) is 0. The van der Waals surface area contributed by atoms with Gasteiger partial charge in [0.15, 0.2) is 0 Å². The highest BCUT2D eigenvalue weighted by Crippen LogP contribution is 2.29. The Hall–Kier alpha value is -2.02. The van der Waals surface area contributed by atoms with E-state index >= 15 is 0 Å². The molecule has 3 rings (SSSR count). The van der Waals surface area contributed by atoms with Crippen molar-refractivity contribution in [2.24, 2.45) is 7.05 Å². The third kappa shape index (κ3) is 3.45. The maximum atomic E-state index is 13.1. The summed E-state index contributed by atoms with van der Waals surface area (Å²) in [6.07, 6.45) is 3.85. The fourth-order valence-electron chi connectivity index (χ4n) is 3.63. The number of hydrogen-bond acceptors (Lipinski definition) is 4. The van der Waals surface area contributed by atoms with Crippen molar-refractivity contribution in [2.45, 2.75) is 43.5 Å². The zero-order valence-electron chi connectivity index (χ0n) is 15.8. The summed E-state index contributed by atoms with van der Waals surface area (Å²) in [7, 11) is 1.69. The van der Waals surface area contributed by atoms with Gasteiger partial charge in [-0.2, -0.15) is 5.10 Å². The molecule has 1 amide bonds. The summed E-state index contributed by atoms with van der Waals surface area (Å²) in [5, 5.41) is 4.48. The van der Waals surface area contributed by atoms with E-state index < -0.39 is 0 Å². The summed E-state index contributed by atoms with van der Waals surface area (Å²) >= 11 is 1.59. The quantitative estimate of drug-likeness (QED) is 0.772. The topological polar surface area (TPSA) is 60.1 Å². The van der Waals surface area contributed by atoms with Crippen molar-refractivity contribution in [1.29, 1.82) is 0 Å². The predicted molar refractivity (Wildman–Crippen MR) is 104 cm³/mol. The molecule has 1 unspecified atom stereocenters. The first-order valence-corrected chi connectivity index (χ1v) is 10.2. The van der Waals surface area contributed by atoms with Gasteiger partial charge in [-0.15, -0.1) is 11.8 Å². The molecule has 0 saturated carbocycles. The summed E-state index contributed by atoms with van der Waals surface area (Å²) < 4.78 is 3.16. The minimum Gasteiger partial charge on any atom is -0.338 e. The number of thioether (sulfide) groups is 1. The van der Waals surface area contributed by atoms with Crippen molar-refractivity contribution in [1.82, 2.24) is 19.2 Å². The Morgan fingerprint density at radius 3 is 2.73 bits per heavy atom. The van der Waals surface area contributed by atoms with E-state index in [9.17, 15) is 9.59 Å². The summed E-state index contributed by atoms with van der Waals surface area (Å²) in [5.74, 6) is 0.947. The zero-order chi connectivity index (χ0) is 18.8. The van der Waals surface area contributed by atoms with Gasteiger partial charge in [0.25, 0.3) is 5.91 Å². The van der Waals surface area contributed by atoms with E-state index in [-0.39, 0.29) is 23.6 Å². The van der Waals surface area contributed by atoms with Crippen LogP contribution in [0, 0.1) is 0 Å².